The number of hydrogen-bond acceptors (Lipinski definition) is 5. The number of piperidine rings is 1. The minimum absolute atomic E-state index is 0.328. The Morgan fingerprint density at radius 1 is 1.39 bits per heavy atom. The van der Waals surface area contributed by atoms with Gasteiger partial charge < -0.3 is 15.4 Å². The molecule has 2 fully saturated rings. The van der Waals surface area contributed by atoms with E-state index in [1.807, 2.05) is 7.11 Å². The van der Waals surface area contributed by atoms with Gasteiger partial charge in [-0.05, 0) is 42.6 Å². The molecule has 2 N–H and O–H groups in total. The number of nitrogens with zero attached hydrogens (tertiary/aromatic N) is 2. The lowest BCUT2D eigenvalue weighted by molar-refractivity contribution is 0.0500. The SMILES string of the molecule is COC1CN(c2snc(N)c2C2CC2)CCC1C. The van der Waals surface area contributed by atoms with Crippen LogP contribution in [0.1, 0.15) is 37.7 Å². The van der Waals surface area contributed by atoms with Gasteiger partial charge in [-0.2, -0.15) is 4.37 Å². The second-order valence-electron chi connectivity index (χ2n) is 5.55. The van der Waals surface area contributed by atoms with Crippen molar-refractivity contribution in [2.24, 2.45) is 5.92 Å². The third kappa shape index (κ3) is 2.10. The topological polar surface area (TPSA) is 51.4 Å². The molecule has 4 nitrogen and oxygen atoms in total. The zero-order valence-corrected chi connectivity index (χ0v) is 11.9. The maximum atomic E-state index is 6.02. The van der Waals surface area contributed by atoms with Crippen LogP contribution >= 0.6 is 11.5 Å². The fourth-order valence-corrected chi connectivity index (χ4v) is 3.74. The van der Waals surface area contributed by atoms with E-state index in [1.165, 1.54) is 29.8 Å². The first-order valence-corrected chi connectivity index (χ1v) is 7.50. The molecule has 1 aromatic heterocycles. The Balaban J connectivity index is 1.82. The number of aromatic nitrogens is 1. The van der Waals surface area contributed by atoms with Gasteiger partial charge in [0.1, 0.15) is 10.8 Å². The van der Waals surface area contributed by atoms with Gasteiger partial charge >= 0.3 is 0 Å². The second kappa shape index (κ2) is 4.70. The molecule has 18 heavy (non-hydrogen) atoms. The van der Waals surface area contributed by atoms with E-state index in [4.69, 9.17) is 10.5 Å². The summed E-state index contributed by atoms with van der Waals surface area (Å²) in [5, 5.41) is 1.30. The van der Waals surface area contributed by atoms with E-state index < -0.39 is 0 Å². The molecular formula is C13H21N3OS. The van der Waals surface area contributed by atoms with E-state index in [0.717, 1.165) is 18.9 Å². The van der Waals surface area contributed by atoms with Gasteiger partial charge in [0.25, 0.3) is 0 Å². The lowest BCUT2D eigenvalue weighted by Gasteiger charge is -2.37. The van der Waals surface area contributed by atoms with Gasteiger partial charge in [0.05, 0.1) is 6.10 Å². The number of nitrogens with two attached hydrogens (primary N) is 1. The van der Waals surface area contributed by atoms with E-state index >= 15 is 0 Å². The summed E-state index contributed by atoms with van der Waals surface area (Å²) in [7, 11) is 1.81. The molecule has 0 aromatic carbocycles. The van der Waals surface area contributed by atoms with Crippen LogP contribution in [0.5, 0.6) is 0 Å². The van der Waals surface area contributed by atoms with Crippen molar-refractivity contribution in [2.75, 3.05) is 30.8 Å². The molecule has 2 unspecified atom stereocenters. The summed E-state index contributed by atoms with van der Waals surface area (Å²) < 4.78 is 9.95. The van der Waals surface area contributed by atoms with Crippen LogP contribution in [0.2, 0.25) is 0 Å². The molecule has 5 heteroatoms. The number of methoxy groups -OCH3 is 1. The summed E-state index contributed by atoms with van der Waals surface area (Å²) in [4.78, 5) is 2.43. The summed E-state index contributed by atoms with van der Waals surface area (Å²) in [6, 6.07) is 0. The van der Waals surface area contributed by atoms with Crippen molar-refractivity contribution in [1.29, 1.82) is 0 Å². The Morgan fingerprint density at radius 3 is 2.83 bits per heavy atom. The zero-order valence-electron chi connectivity index (χ0n) is 11.1. The summed E-state index contributed by atoms with van der Waals surface area (Å²) in [6.07, 6.45) is 4.05. The highest BCUT2D eigenvalue weighted by atomic mass is 32.1. The third-order valence-electron chi connectivity index (χ3n) is 4.20. The molecule has 0 radical (unpaired) electrons. The number of hydrogen-bond donors (Lipinski definition) is 1. The van der Waals surface area contributed by atoms with E-state index in [1.54, 1.807) is 11.5 Å². The van der Waals surface area contributed by atoms with Crippen LogP contribution in [0.4, 0.5) is 10.8 Å². The highest BCUT2D eigenvalue weighted by molar-refractivity contribution is 7.10. The molecule has 1 aliphatic heterocycles. The molecule has 1 aliphatic carbocycles. The molecule has 3 rings (SSSR count). The molecule has 0 spiro atoms. The van der Waals surface area contributed by atoms with Crippen molar-refractivity contribution >= 4 is 22.4 Å². The van der Waals surface area contributed by atoms with Crippen LogP contribution in [0.25, 0.3) is 0 Å². The summed E-state index contributed by atoms with van der Waals surface area (Å²) in [5.74, 6) is 2.06. The third-order valence-corrected chi connectivity index (χ3v) is 5.14. The highest BCUT2D eigenvalue weighted by Gasteiger charge is 2.34. The van der Waals surface area contributed by atoms with Gasteiger partial charge in [-0.1, -0.05) is 6.92 Å². The molecule has 0 bridgehead atoms. The molecule has 0 amide bonds. The fraction of sp³-hybridized carbons (Fsp3) is 0.769. The van der Waals surface area contributed by atoms with Gasteiger partial charge in [0.15, 0.2) is 0 Å². The zero-order chi connectivity index (χ0) is 12.7. The van der Waals surface area contributed by atoms with Crippen molar-refractivity contribution in [1.82, 2.24) is 4.37 Å². The maximum absolute atomic E-state index is 6.02. The Labute approximate surface area is 112 Å². The predicted octanol–water partition coefficient (Wildman–Crippen LogP) is 2.46. The Kier molecular flexibility index (Phi) is 3.20. The number of nitrogen functional groups attached to an aromatic ring is 1. The Hall–Kier alpha value is -0.810. The normalized spacial score (nSPS) is 28.7. The molecule has 2 heterocycles. The number of ether oxygens (including phenoxy) is 1. The number of anilines is 2. The highest BCUT2D eigenvalue weighted by Crippen LogP contribution is 2.49. The monoisotopic (exact) mass is 267 g/mol. The van der Waals surface area contributed by atoms with Gasteiger partial charge in [-0.25, -0.2) is 0 Å². The first-order valence-electron chi connectivity index (χ1n) is 6.73. The van der Waals surface area contributed by atoms with Crippen molar-refractivity contribution < 1.29 is 4.74 Å². The fourth-order valence-electron chi connectivity index (χ4n) is 2.81. The first kappa shape index (κ1) is 12.2. The molecule has 100 valence electrons. The minimum Gasteiger partial charge on any atom is -0.383 e. The average molecular weight is 267 g/mol. The van der Waals surface area contributed by atoms with Crippen LogP contribution in [0.15, 0.2) is 0 Å². The van der Waals surface area contributed by atoms with E-state index in [0.29, 0.717) is 17.9 Å². The van der Waals surface area contributed by atoms with Crippen LogP contribution < -0.4 is 10.6 Å². The van der Waals surface area contributed by atoms with Crippen LogP contribution in [0, 0.1) is 5.92 Å². The van der Waals surface area contributed by atoms with Crippen molar-refractivity contribution in [2.45, 2.75) is 38.2 Å². The summed E-state index contributed by atoms with van der Waals surface area (Å²) >= 11 is 1.56. The Bertz CT molecular complexity index is 430. The minimum atomic E-state index is 0.328. The molecule has 1 aromatic rings. The predicted molar refractivity (Wildman–Crippen MR) is 75.3 cm³/mol. The molecule has 1 saturated heterocycles. The van der Waals surface area contributed by atoms with Crippen LogP contribution in [-0.4, -0.2) is 30.7 Å². The van der Waals surface area contributed by atoms with E-state index in [2.05, 4.69) is 16.2 Å². The quantitative estimate of drug-likeness (QED) is 0.914. The first-order chi connectivity index (χ1) is 8.70. The molecule has 1 saturated carbocycles. The lowest BCUT2D eigenvalue weighted by atomic mass is 9.95. The number of rotatable bonds is 3. The summed E-state index contributed by atoms with van der Waals surface area (Å²) in [5.41, 5.74) is 7.33. The van der Waals surface area contributed by atoms with Crippen LogP contribution in [-0.2, 0) is 4.74 Å². The van der Waals surface area contributed by atoms with Gasteiger partial charge in [-0.3, -0.25) is 0 Å². The largest absolute Gasteiger partial charge is 0.383 e. The Morgan fingerprint density at radius 2 is 2.17 bits per heavy atom. The van der Waals surface area contributed by atoms with Crippen molar-refractivity contribution in [3.63, 3.8) is 0 Å². The van der Waals surface area contributed by atoms with Crippen molar-refractivity contribution in [3.05, 3.63) is 5.56 Å². The van der Waals surface area contributed by atoms with Crippen LogP contribution in [0.3, 0.4) is 0 Å². The summed E-state index contributed by atoms with van der Waals surface area (Å²) in [6.45, 7) is 4.34. The van der Waals surface area contributed by atoms with Gasteiger partial charge in [0, 0.05) is 25.8 Å². The second-order valence-corrected chi connectivity index (χ2v) is 6.30. The smallest absolute Gasteiger partial charge is 0.142 e. The molecule has 2 aliphatic rings. The van der Waals surface area contributed by atoms with Gasteiger partial charge in [-0.15, -0.1) is 0 Å². The van der Waals surface area contributed by atoms with E-state index in [-0.39, 0.29) is 0 Å². The van der Waals surface area contributed by atoms with Crippen molar-refractivity contribution in [3.8, 4) is 0 Å². The standard InChI is InChI=1S/C13H21N3OS/c1-8-5-6-16(7-10(8)17-2)13-11(9-3-4-9)12(14)15-18-13/h8-10H,3-7H2,1-2H3,(H2,14,15). The van der Waals surface area contributed by atoms with E-state index in [9.17, 15) is 0 Å². The molecule has 2 atom stereocenters. The lowest BCUT2D eigenvalue weighted by Crippen LogP contribution is -2.43. The average Bonchev–Trinajstić information content (AvgIpc) is 3.13. The maximum Gasteiger partial charge on any atom is 0.142 e. The van der Waals surface area contributed by atoms with Gasteiger partial charge in [0.2, 0.25) is 0 Å². The molecular weight excluding hydrogens is 246 g/mol.